The second kappa shape index (κ2) is 4.98. The first kappa shape index (κ1) is 14.1. The van der Waals surface area contributed by atoms with Crippen molar-refractivity contribution in [3.8, 4) is 0 Å². The third-order valence-electron chi connectivity index (χ3n) is 4.56. The SMILES string of the molecule is O=C(N1C[C@@]2(CCNC2)c2cc(Cl)c(Cl)cc21)n1ccnc1. The van der Waals surface area contributed by atoms with Crippen molar-refractivity contribution < 1.29 is 4.79 Å². The molecule has 0 saturated carbocycles. The Kier molecular flexibility index (Phi) is 3.18. The van der Waals surface area contributed by atoms with E-state index in [-0.39, 0.29) is 11.4 Å². The second-order valence-corrected chi connectivity index (χ2v) is 6.64. The Labute approximate surface area is 137 Å². The highest BCUT2D eigenvalue weighted by Gasteiger charge is 2.47. The van der Waals surface area contributed by atoms with Gasteiger partial charge in [-0.2, -0.15) is 0 Å². The molecular weight excluding hydrogens is 323 g/mol. The van der Waals surface area contributed by atoms with E-state index in [1.807, 2.05) is 6.07 Å². The maximum Gasteiger partial charge on any atom is 0.333 e. The molecule has 0 aliphatic carbocycles. The summed E-state index contributed by atoms with van der Waals surface area (Å²) in [6, 6.07) is 3.58. The summed E-state index contributed by atoms with van der Waals surface area (Å²) in [5.74, 6) is 0. The topological polar surface area (TPSA) is 50.2 Å². The molecule has 2 aliphatic rings. The second-order valence-electron chi connectivity index (χ2n) is 5.83. The third-order valence-corrected chi connectivity index (χ3v) is 5.28. The van der Waals surface area contributed by atoms with Crippen LogP contribution < -0.4 is 10.2 Å². The number of nitrogens with one attached hydrogen (secondary N) is 1. The van der Waals surface area contributed by atoms with Crippen LogP contribution in [0.3, 0.4) is 0 Å². The van der Waals surface area contributed by atoms with Crippen molar-refractivity contribution in [3.63, 3.8) is 0 Å². The standard InChI is InChI=1S/C15H14Cl2N4O/c16-11-5-10-13(6-12(11)17)21(8-15(10)1-2-18-7-15)14(22)20-4-3-19-9-20/h3-6,9,18H,1-2,7-8H2/t15-/m0/s1. The minimum atomic E-state index is -0.124. The van der Waals surface area contributed by atoms with Gasteiger partial charge in [0, 0.05) is 30.9 Å². The first-order valence-corrected chi connectivity index (χ1v) is 7.86. The lowest BCUT2D eigenvalue weighted by atomic mass is 9.82. The fraction of sp³-hybridized carbons (Fsp3) is 0.333. The summed E-state index contributed by atoms with van der Waals surface area (Å²) >= 11 is 12.4. The van der Waals surface area contributed by atoms with Gasteiger partial charge in [0.05, 0.1) is 15.7 Å². The summed E-state index contributed by atoms with van der Waals surface area (Å²) in [5.41, 5.74) is 1.86. The van der Waals surface area contributed by atoms with Crippen molar-refractivity contribution in [2.75, 3.05) is 24.5 Å². The molecule has 1 aromatic heterocycles. The zero-order valence-corrected chi connectivity index (χ0v) is 13.2. The number of imidazole rings is 1. The lowest BCUT2D eigenvalue weighted by Crippen LogP contribution is -2.40. The molecule has 4 rings (SSSR count). The largest absolute Gasteiger partial charge is 0.333 e. The van der Waals surface area contributed by atoms with E-state index >= 15 is 0 Å². The molecule has 114 valence electrons. The molecule has 1 aromatic carbocycles. The van der Waals surface area contributed by atoms with Crippen molar-refractivity contribution in [2.45, 2.75) is 11.8 Å². The van der Waals surface area contributed by atoms with Gasteiger partial charge in [-0.15, -0.1) is 0 Å². The number of nitrogens with zero attached hydrogens (tertiary/aromatic N) is 3. The van der Waals surface area contributed by atoms with Crippen LogP contribution in [0.25, 0.3) is 0 Å². The number of amides is 1. The first-order chi connectivity index (χ1) is 10.6. The summed E-state index contributed by atoms with van der Waals surface area (Å²) in [7, 11) is 0. The van der Waals surface area contributed by atoms with Gasteiger partial charge in [-0.3, -0.25) is 9.47 Å². The molecule has 0 radical (unpaired) electrons. The lowest BCUT2D eigenvalue weighted by molar-refractivity contribution is 0.247. The summed E-state index contributed by atoms with van der Waals surface area (Å²) in [5, 5.41) is 4.39. The number of hydrogen-bond donors (Lipinski definition) is 1. The Morgan fingerprint density at radius 1 is 1.32 bits per heavy atom. The zero-order chi connectivity index (χ0) is 15.3. The summed E-state index contributed by atoms with van der Waals surface area (Å²) < 4.78 is 1.48. The smallest absolute Gasteiger partial charge is 0.316 e. The van der Waals surface area contributed by atoms with Gasteiger partial charge in [0.15, 0.2) is 0 Å². The van der Waals surface area contributed by atoms with Gasteiger partial charge >= 0.3 is 6.03 Å². The number of hydrogen-bond acceptors (Lipinski definition) is 3. The Bertz CT molecular complexity index is 738. The number of anilines is 1. The van der Waals surface area contributed by atoms with Crippen molar-refractivity contribution in [1.82, 2.24) is 14.9 Å². The number of carbonyl (C=O) groups excluding carboxylic acids is 1. The Balaban J connectivity index is 1.83. The average molecular weight is 337 g/mol. The van der Waals surface area contributed by atoms with Gasteiger partial charge in [0.1, 0.15) is 6.33 Å². The predicted octanol–water partition coefficient (Wildman–Crippen LogP) is 2.91. The van der Waals surface area contributed by atoms with Crippen molar-refractivity contribution in [2.24, 2.45) is 0 Å². The van der Waals surface area contributed by atoms with Crippen molar-refractivity contribution >= 4 is 34.9 Å². The lowest BCUT2D eigenvalue weighted by Gasteiger charge is -2.23. The molecule has 2 aromatic rings. The van der Waals surface area contributed by atoms with E-state index in [0.29, 0.717) is 16.6 Å². The van der Waals surface area contributed by atoms with Crippen LogP contribution in [0.2, 0.25) is 10.0 Å². The Morgan fingerprint density at radius 2 is 2.14 bits per heavy atom. The number of aromatic nitrogens is 2. The van der Waals surface area contributed by atoms with Crippen LogP contribution in [0, 0.1) is 0 Å². The molecule has 5 nitrogen and oxygen atoms in total. The molecule has 1 amide bonds. The van der Waals surface area contributed by atoms with Crippen molar-refractivity contribution in [3.05, 3.63) is 46.5 Å². The molecule has 22 heavy (non-hydrogen) atoms. The molecule has 7 heteroatoms. The number of rotatable bonds is 0. The van der Waals surface area contributed by atoms with E-state index in [2.05, 4.69) is 10.3 Å². The van der Waals surface area contributed by atoms with E-state index in [1.165, 1.54) is 10.9 Å². The van der Waals surface area contributed by atoms with Crippen LogP contribution in [0.4, 0.5) is 10.5 Å². The van der Waals surface area contributed by atoms with Crippen LogP contribution in [0.5, 0.6) is 0 Å². The fourth-order valence-electron chi connectivity index (χ4n) is 3.45. The van der Waals surface area contributed by atoms with Gasteiger partial charge in [0.2, 0.25) is 0 Å². The monoisotopic (exact) mass is 336 g/mol. The van der Waals surface area contributed by atoms with Crippen LogP contribution in [0.1, 0.15) is 12.0 Å². The molecule has 0 unspecified atom stereocenters. The van der Waals surface area contributed by atoms with E-state index in [4.69, 9.17) is 23.2 Å². The van der Waals surface area contributed by atoms with Crippen LogP contribution in [-0.4, -0.2) is 35.2 Å². The minimum absolute atomic E-state index is 0.0835. The minimum Gasteiger partial charge on any atom is -0.316 e. The third kappa shape index (κ3) is 1.96. The maximum atomic E-state index is 12.8. The molecule has 0 bridgehead atoms. The van der Waals surface area contributed by atoms with E-state index in [1.54, 1.807) is 23.4 Å². The Morgan fingerprint density at radius 3 is 2.82 bits per heavy atom. The number of fused-ring (bicyclic) bond motifs is 2. The van der Waals surface area contributed by atoms with E-state index in [9.17, 15) is 4.79 Å². The quantitative estimate of drug-likeness (QED) is 0.804. The van der Waals surface area contributed by atoms with Gasteiger partial charge in [-0.25, -0.2) is 9.78 Å². The molecule has 1 saturated heterocycles. The molecular formula is C15H14Cl2N4O. The van der Waals surface area contributed by atoms with E-state index < -0.39 is 0 Å². The van der Waals surface area contributed by atoms with Gasteiger partial charge < -0.3 is 5.32 Å². The van der Waals surface area contributed by atoms with Crippen LogP contribution in [0.15, 0.2) is 30.9 Å². The highest BCUT2D eigenvalue weighted by molar-refractivity contribution is 6.42. The first-order valence-electron chi connectivity index (χ1n) is 7.11. The predicted molar refractivity (Wildman–Crippen MR) is 86.0 cm³/mol. The van der Waals surface area contributed by atoms with Crippen LogP contribution in [-0.2, 0) is 5.41 Å². The summed E-state index contributed by atoms with van der Waals surface area (Å²) in [6.45, 7) is 2.40. The average Bonchev–Trinajstić information content (AvgIpc) is 3.23. The molecule has 2 aliphatic heterocycles. The fourth-order valence-corrected chi connectivity index (χ4v) is 3.77. The summed E-state index contributed by atoms with van der Waals surface area (Å²) in [6.07, 6.45) is 5.73. The highest BCUT2D eigenvalue weighted by Crippen LogP contribution is 2.47. The van der Waals surface area contributed by atoms with Crippen molar-refractivity contribution in [1.29, 1.82) is 0 Å². The van der Waals surface area contributed by atoms with Gasteiger partial charge in [-0.05, 0) is 30.7 Å². The maximum absolute atomic E-state index is 12.8. The molecule has 1 atom stereocenters. The number of halogens is 2. The molecule has 1 fully saturated rings. The number of benzene rings is 1. The molecule has 3 heterocycles. The number of carbonyl (C=O) groups is 1. The molecule has 1 spiro atoms. The zero-order valence-electron chi connectivity index (χ0n) is 11.7. The van der Waals surface area contributed by atoms with Gasteiger partial charge in [-0.1, -0.05) is 23.2 Å². The molecule has 1 N–H and O–H groups in total. The highest BCUT2D eigenvalue weighted by atomic mass is 35.5. The van der Waals surface area contributed by atoms with Gasteiger partial charge in [0.25, 0.3) is 0 Å². The Hall–Kier alpha value is -1.56. The van der Waals surface area contributed by atoms with Crippen LogP contribution >= 0.6 is 23.2 Å². The van der Waals surface area contributed by atoms with E-state index in [0.717, 1.165) is 30.8 Å². The normalized spacial score (nSPS) is 23.3. The summed E-state index contributed by atoms with van der Waals surface area (Å²) in [4.78, 5) is 18.5.